The zero-order chi connectivity index (χ0) is 12.4. The summed E-state index contributed by atoms with van der Waals surface area (Å²) in [6, 6.07) is 9.80. The summed E-state index contributed by atoms with van der Waals surface area (Å²) in [5.74, 6) is 1.17. The summed E-state index contributed by atoms with van der Waals surface area (Å²) in [4.78, 5) is 13.8. The lowest BCUT2D eigenvalue weighted by atomic mass is 10.0. The molecule has 3 heteroatoms. The summed E-state index contributed by atoms with van der Waals surface area (Å²) >= 11 is 0. The van der Waals surface area contributed by atoms with Crippen LogP contribution in [0.15, 0.2) is 42.5 Å². The first-order valence-corrected chi connectivity index (χ1v) is 6.45. The highest BCUT2D eigenvalue weighted by atomic mass is 16.6. The van der Waals surface area contributed by atoms with Crippen molar-refractivity contribution in [3.05, 3.63) is 48.0 Å². The second-order valence-electron chi connectivity index (χ2n) is 5.03. The number of hydrogen-bond donors (Lipinski definition) is 0. The maximum absolute atomic E-state index is 11.9. The summed E-state index contributed by atoms with van der Waals surface area (Å²) in [5, 5.41) is 0. The molecule has 3 rings (SSSR count). The molecule has 0 saturated carbocycles. The number of fused-ring (bicyclic) bond motifs is 1. The SMILES string of the molecule is O=C(OCc1ccccc1)N1C[C@@H]2CC=C[C@@H]2C1. The van der Waals surface area contributed by atoms with Crippen molar-refractivity contribution in [1.82, 2.24) is 4.90 Å². The monoisotopic (exact) mass is 243 g/mol. The Morgan fingerprint density at radius 3 is 2.89 bits per heavy atom. The molecule has 1 saturated heterocycles. The third-order valence-electron chi connectivity index (χ3n) is 3.78. The van der Waals surface area contributed by atoms with Gasteiger partial charge >= 0.3 is 6.09 Å². The maximum Gasteiger partial charge on any atom is 0.410 e. The van der Waals surface area contributed by atoms with Gasteiger partial charge in [-0.15, -0.1) is 0 Å². The fourth-order valence-electron chi connectivity index (χ4n) is 2.75. The number of hydrogen-bond acceptors (Lipinski definition) is 2. The molecule has 2 aliphatic rings. The van der Waals surface area contributed by atoms with E-state index in [4.69, 9.17) is 4.74 Å². The molecule has 0 aromatic heterocycles. The molecule has 1 aliphatic heterocycles. The highest BCUT2D eigenvalue weighted by molar-refractivity contribution is 5.68. The molecule has 1 heterocycles. The van der Waals surface area contributed by atoms with Crippen LogP contribution in [0.4, 0.5) is 4.79 Å². The van der Waals surface area contributed by atoms with Gasteiger partial charge in [0.05, 0.1) is 0 Å². The molecule has 0 bridgehead atoms. The van der Waals surface area contributed by atoms with Crippen LogP contribution in [0.25, 0.3) is 0 Å². The number of ether oxygens (including phenoxy) is 1. The molecular formula is C15H17NO2. The molecule has 1 fully saturated rings. The van der Waals surface area contributed by atoms with Gasteiger partial charge in [0.1, 0.15) is 6.61 Å². The minimum absolute atomic E-state index is 0.179. The van der Waals surface area contributed by atoms with Gasteiger partial charge in [-0.25, -0.2) is 4.79 Å². The van der Waals surface area contributed by atoms with E-state index in [9.17, 15) is 4.79 Å². The summed E-state index contributed by atoms with van der Waals surface area (Å²) < 4.78 is 5.34. The standard InChI is InChI=1S/C15H17NO2/c17-15(18-11-12-5-2-1-3-6-12)16-9-13-7-4-8-14(13)10-16/h1-7,13-14H,8-11H2/t13-,14+/m1/s1. The first-order valence-electron chi connectivity index (χ1n) is 6.45. The van der Waals surface area contributed by atoms with Crippen molar-refractivity contribution in [3.8, 4) is 0 Å². The van der Waals surface area contributed by atoms with Crippen molar-refractivity contribution in [1.29, 1.82) is 0 Å². The van der Waals surface area contributed by atoms with Crippen LogP contribution in [0, 0.1) is 11.8 Å². The molecule has 94 valence electrons. The van der Waals surface area contributed by atoms with E-state index in [0.29, 0.717) is 18.4 Å². The lowest BCUT2D eigenvalue weighted by molar-refractivity contribution is 0.102. The van der Waals surface area contributed by atoms with E-state index < -0.39 is 0 Å². The number of benzene rings is 1. The van der Waals surface area contributed by atoms with Gasteiger partial charge in [0.25, 0.3) is 0 Å². The third kappa shape index (κ3) is 2.26. The molecule has 1 amide bonds. The normalized spacial score (nSPS) is 25.2. The van der Waals surface area contributed by atoms with Crippen LogP contribution in [0.3, 0.4) is 0 Å². The van der Waals surface area contributed by atoms with Gasteiger partial charge in [0.15, 0.2) is 0 Å². The number of carbonyl (C=O) groups excluding carboxylic acids is 1. The maximum atomic E-state index is 11.9. The van der Waals surface area contributed by atoms with Crippen molar-refractivity contribution in [2.45, 2.75) is 13.0 Å². The Balaban J connectivity index is 1.52. The molecule has 0 N–H and O–H groups in total. The Kier molecular flexibility index (Phi) is 3.05. The Morgan fingerprint density at radius 1 is 1.28 bits per heavy atom. The predicted molar refractivity (Wildman–Crippen MR) is 68.9 cm³/mol. The molecule has 1 aromatic carbocycles. The van der Waals surface area contributed by atoms with Gasteiger partial charge in [0.2, 0.25) is 0 Å². The Bertz CT molecular complexity index is 455. The van der Waals surface area contributed by atoms with Crippen LogP contribution in [0.2, 0.25) is 0 Å². The van der Waals surface area contributed by atoms with Crippen LogP contribution >= 0.6 is 0 Å². The summed E-state index contributed by atoms with van der Waals surface area (Å²) in [5.41, 5.74) is 1.03. The zero-order valence-corrected chi connectivity index (χ0v) is 10.3. The third-order valence-corrected chi connectivity index (χ3v) is 3.78. The van der Waals surface area contributed by atoms with Crippen molar-refractivity contribution >= 4 is 6.09 Å². The molecule has 0 spiro atoms. The van der Waals surface area contributed by atoms with E-state index in [1.54, 1.807) is 0 Å². The van der Waals surface area contributed by atoms with Crippen molar-refractivity contribution in [2.75, 3.05) is 13.1 Å². The lowest BCUT2D eigenvalue weighted by Crippen LogP contribution is -2.29. The highest BCUT2D eigenvalue weighted by Crippen LogP contribution is 2.32. The second-order valence-corrected chi connectivity index (χ2v) is 5.03. The number of carbonyl (C=O) groups is 1. The fraction of sp³-hybridized carbons (Fsp3) is 0.400. The zero-order valence-electron chi connectivity index (χ0n) is 10.3. The average Bonchev–Trinajstić information content (AvgIpc) is 2.98. The van der Waals surface area contributed by atoms with Gasteiger partial charge < -0.3 is 9.64 Å². The smallest absolute Gasteiger partial charge is 0.410 e. The Hall–Kier alpha value is -1.77. The summed E-state index contributed by atoms with van der Waals surface area (Å²) in [7, 11) is 0. The van der Waals surface area contributed by atoms with E-state index in [0.717, 1.165) is 25.1 Å². The molecule has 18 heavy (non-hydrogen) atoms. The molecular weight excluding hydrogens is 226 g/mol. The number of rotatable bonds is 2. The van der Waals surface area contributed by atoms with E-state index in [1.165, 1.54) is 0 Å². The fourth-order valence-corrected chi connectivity index (χ4v) is 2.75. The molecule has 2 atom stereocenters. The molecule has 0 unspecified atom stereocenters. The summed E-state index contributed by atoms with van der Waals surface area (Å²) in [6.07, 6.45) is 5.38. The molecule has 3 nitrogen and oxygen atoms in total. The Labute approximate surface area is 107 Å². The van der Waals surface area contributed by atoms with Gasteiger partial charge in [-0.1, -0.05) is 42.5 Å². The van der Waals surface area contributed by atoms with Crippen LogP contribution < -0.4 is 0 Å². The van der Waals surface area contributed by atoms with E-state index >= 15 is 0 Å². The first kappa shape index (κ1) is 11.3. The number of likely N-dealkylation sites (tertiary alicyclic amines) is 1. The largest absolute Gasteiger partial charge is 0.445 e. The van der Waals surface area contributed by atoms with E-state index in [-0.39, 0.29) is 6.09 Å². The molecule has 1 aliphatic carbocycles. The van der Waals surface area contributed by atoms with Crippen LogP contribution in [0.5, 0.6) is 0 Å². The minimum atomic E-state index is -0.179. The average molecular weight is 243 g/mol. The van der Waals surface area contributed by atoms with Crippen molar-refractivity contribution in [3.63, 3.8) is 0 Å². The molecule has 1 aromatic rings. The van der Waals surface area contributed by atoms with Gasteiger partial charge in [-0.3, -0.25) is 0 Å². The van der Waals surface area contributed by atoms with E-state index in [2.05, 4.69) is 12.2 Å². The van der Waals surface area contributed by atoms with Crippen LogP contribution in [-0.4, -0.2) is 24.1 Å². The van der Waals surface area contributed by atoms with Crippen molar-refractivity contribution < 1.29 is 9.53 Å². The van der Waals surface area contributed by atoms with Crippen LogP contribution in [0.1, 0.15) is 12.0 Å². The lowest BCUT2D eigenvalue weighted by Gasteiger charge is -2.16. The van der Waals surface area contributed by atoms with Gasteiger partial charge in [0, 0.05) is 13.1 Å². The Morgan fingerprint density at radius 2 is 2.11 bits per heavy atom. The molecule has 0 radical (unpaired) electrons. The van der Waals surface area contributed by atoms with E-state index in [1.807, 2.05) is 35.2 Å². The first-order chi connectivity index (χ1) is 8.83. The quantitative estimate of drug-likeness (QED) is 0.747. The van der Waals surface area contributed by atoms with Gasteiger partial charge in [-0.2, -0.15) is 0 Å². The predicted octanol–water partition coefficient (Wildman–Crippen LogP) is 2.83. The summed E-state index contributed by atoms with van der Waals surface area (Å²) in [6.45, 7) is 2.02. The number of allylic oxidation sites excluding steroid dienone is 1. The van der Waals surface area contributed by atoms with Crippen molar-refractivity contribution in [2.24, 2.45) is 11.8 Å². The minimum Gasteiger partial charge on any atom is -0.445 e. The number of nitrogens with zero attached hydrogens (tertiary/aromatic N) is 1. The second kappa shape index (κ2) is 4.84. The highest BCUT2D eigenvalue weighted by Gasteiger charge is 2.35. The van der Waals surface area contributed by atoms with Crippen LogP contribution in [-0.2, 0) is 11.3 Å². The number of amides is 1. The topological polar surface area (TPSA) is 29.5 Å². The van der Waals surface area contributed by atoms with Gasteiger partial charge in [-0.05, 0) is 23.8 Å².